The Bertz CT molecular complexity index is 5510. The molecule has 0 radical (unpaired) electrons. The second-order valence-electron chi connectivity index (χ2n) is 26.0. The first kappa shape index (κ1) is 77.5. The van der Waals surface area contributed by atoms with Crippen molar-refractivity contribution in [3.63, 3.8) is 0 Å². The van der Waals surface area contributed by atoms with Gasteiger partial charge in [0, 0.05) is 141 Å². The lowest BCUT2D eigenvalue weighted by molar-refractivity contribution is 0.359. The molecule has 0 amide bonds. The van der Waals surface area contributed by atoms with E-state index in [9.17, 15) is 0 Å². The standard InChI is InChI=1S/C29H24F2N6O3.C29H31N5O2.C25H28F2N6O2/c1-36-17-18(15-34-36)23-16-33-20-10-9-19(13-22(20)35-23)37(12-6-7-21-24(38-2)8-5-11-32-21)29-27(30)25(39-3)14-26(40-4)28(29)31;1-33-20-22(18-31-33)29-19-30-27-12-11-23(16-28(27)32-29)34(13-7-10-21-8-5-4-6-9-21)24-14-25(35-2)17-26(15-24)36-3;1-15(2)28-8-9-33(25-23(26)21(34-4)11-22(35-5)24(25)27)17-6-7-18-19(10-17)31-20(13-29-18)16-12-30-32(3)14-16/h5,8-11,13-17H,12H2,1-4H3;11-12,14-21H,4-6,8-9,13H2,1-3H3;6-7,10-15,28H,8-9H2,1-5H3. The molecule has 570 valence electrons. The van der Waals surface area contributed by atoms with Crippen LogP contribution in [0.25, 0.3) is 66.9 Å². The van der Waals surface area contributed by atoms with Crippen LogP contribution in [0.5, 0.6) is 40.2 Å². The fraction of sp³-hybridized carbons (Fsp3) is 0.277. The molecule has 1 N–H and O–H groups in total. The number of fused-ring (bicyclic) bond motifs is 3. The number of rotatable bonds is 22. The summed E-state index contributed by atoms with van der Waals surface area (Å²) in [6, 6.07) is 28.4. The first-order valence-corrected chi connectivity index (χ1v) is 35.6. The van der Waals surface area contributed by atoms with Crippen LogP contribution in [0.15, 0.2) is 159 Å². The molecule has 24 nitrogen and oxygen atoms in total. The lowest BCUT2D eigenvalue weighted by Crippen LogP contribution is -2.33. The van der Waals surface area contributed by atoms with E-state index in [0.29, 0.717) is 75.3 Å². The molecule has 1 aliphatic carbocycles. The monoisotopic (exact) mass is 1510 g/mol. The van der Waals surface area contributed by atoms with Crippen molar-refractivity contribution < 1.29 is 50.7 Å². The zero-order chi connectivity index (χ0) is 78.2. The third-order valence-electron chi connectivity index (χ3n) is 18.3. The summed E-state index contributed by atoms with van der Waals surface area (Å²) in [5.74, 6) is 11.3. The molecule has 0 spiro atoms. The number of methoxy groups -OCH3 is 7. The van der Waals surface area contributed by atoms with Gasteiger partial charge in [0.15, 0.2) is 57.7 Å². The van der Waals surface area contributed by atoms with Crippen LogP contribution in [-0.4, -0.2) is 146 Å². The molecular weight excluding hydrogens is 1420 g/mol. The number of hydrogen-bond donors (Lipinski definition) is 1. The molecule has 14 rings (SSSR count). The number of hydrogen-bond acceptors (Lipinski definition) is 21. The average molecular weight is 1510 g/mol. The fourth-order valence-corrected chi connectivity index (χ4v) is 12.6. The van der Waals surface area contributed by atoms with Crippen LogP contribution < -0.4 is 53.2 Å². The summed E-state index contributed by atoms with van der Waals surface area (Å²) in [5.41, 5.74) is 11.2. The van der Waals surface area contributed by atoms with Crippen molar-refractivity contribution in [2.75, 3.05) is 90.6 Å². The van der Waals surface area contributed by atoms with Crippen molar-refractivity contribution in [1.29, 1.82) is 0 Å². The zero-order valence-electron chi connectivity index (χ0n) is 63.6. The van der Waals surface area contributed by atoms with Gasteiger partial charge in [-0.2, -0.15) is 15.3 Å². The van der Waals surface area contributed by atoms with E-state index in [-0.39, 0.29) is 47.8 Å². The van der Waals surface area contributed by atoms with Crippen molar-refractivity contribution in [2.24, 2.45) is 27.1 Å². The van der Waals surface area contributed by atoms with Crippen molar-refractivity contribution in [2.45, 2.75) is 52.0 Å². The fourth-order valence-electron chi connectivity index (χ4n) is 12.6. The quantitative estimate of drug-likeness (QED) is 0.0491. The molecular formula is C83H83F4N17O7. The van der Waals surface area contributed by atoms with Crippen molar-refractivity contribution in [3.05, 3.63) is 188 Å². The van der Waals surface area contributed by atoms with E-state index < -0.39 is 29.0 Å². The Labute approximate surface area is 639 Å². The molecule has 0 saturated heterocycles. The highest BCUT2D eigenvalue weighted by Crippen LogP contribution is 2.43. The maximum absolute atomic E-state index is 15.7. The minimum Gasteiger partial charge on any atom is -0.497 e. The van der Waals surface area contributed by atoms with Crippen molar-refractivity contribution in [1.82, 2.24) is 69.5 Å². The SMILES string of the molecule is COc1cc(OC)c(F)c(N(CCNC(C)C)c2ccc3ncc(-c4cnn(C)c4)nc3c2)c1F.COc1cc(OC)cc(N(CC#CC2CCCCC2)c2ccc3ncc(-c4cnn(C)c4)nc3c2)c1.COc1cccnc1C#CCN(c1ccc2ncc(-c3cnn(C)c3)nc2c1)c1c(F)c(OC)cc(OC)c1F. The minimum atomic E-state index is -0.909. The lowest BCUT2D eigenvalue weighted by Gasteiger charge is -2.28. The normalized spacial score (nSPS) is 11.9. The number of ether oxygens (including phenoxy) is 7. The van der Waals surface area contributed by atoms with E-state index >= 15 is 17.6 Å². The number of pyridine rings is 1. The number of benzene rings is 6. The van der Waals surface area contributed by atoms with Crippen LogP contribution in [-0.2, 0) is 21.1 Å². The summed E-state index contributed by atoms with van der Waals surface area (Å²) in [7, 11) is 15.6. The molecule has 1 aliphatic rings. The van der Waals surface area contributed by atoms with E-state index in [1.54, 1.807) is 132 Å². The van der Waals surface area contributed by atoms with Gasteiger partial charge in [-0.1, -0.05) is 50.9 Å². The van der Waals surface area contributed by atoms with Gasteiger partial charge < -0.3 is 53.2 Å². The molecule has 1 saturated carbocycles. The number of nitrogens with zero attached hydrogens (tertiary/aromatic N) is 16. The van der Waals surface area contributed by atoms with Gasteiger partial charge in [0.05, 0.1) is 150 Å². The van der Waals surface area contributed by atoms with Crippen LogP contribution in [0.2, 0.25) is 0 Å². The number of aryl methyl sites for hydroxylation is 3. The second-order valence-corrected chi connectivity index (χ2v) is 26.0. The van der Waals surface area contributed by atoms with Gasteiger partial charge in [-0.25, -0.2) is 37.5 Å². The molecule has 7 aromatic heterocycles. The van der Waals surface area contributed by atoms with E-state index in [1.165, 1.54) is 78.6 Å². The Morgan fingerprint density at radius 2 is 0.874 bits per heavy atom. The highest BCUT2D eigenvalue weighted by Gasteiger charge is 2.29. The predicted molar refractivity (Wildman–Crippen MR) is 420 cm³/mol. The van der Waals surface area contributed by atoms with Gasteiger partial charge in [0.2, 0.25) is 0 Å². The maximum atomic E-state index is 15.7. The molecule has 111 heavy (non-hydrogen) atoms. The Hall–Kier alpha value is -13.1. The van der Waals surface area contributed by atoms with Crippen LogP contribution in [0.4, 0.5) is 51.7 Å². The van der Waals surface area contributed by atoms with Gasteiger partial charge in [0.1, 0.15) is 22.9 Å². The van der Waals surface area contributed by atoms with Crippen LogP contribution >= 0.6 is 0 Å². The Balaban J connectivity index is 0.000000155. The highest BCUT2D eigenvalue weighted by atomic mass is 19.1. The van der Waals surface area contributed by atoms with E-state index in [2.05, 4.69) is 81.3 Å². The summed E-state index contributed by atoms with van der Waals surface area (Å²) in [6.45, 7) is 5.20. The molecule has 6 aromatic carbocycles. The summed E-state index contributed by atoms with van der Waals surface area (Å²) in [4.78, 5) is 37.3. The number of nitrogens with one attached hydrogen (secondary N) is 1. The number of halogens is 4. The topological polar surface area (TPSA) is 230 Å². The molecule has 7 heterocycles. The summed E-state index contributed by atoms with van der Waals surface area (Å²) >= 11 is 0. The summed E-state index contributed by atoms with van der Waals surface area (Å²) < 4.78 is 104. The molecule has 0 atom stereocenters. The molecule has 1 fully saturated rings. The molecule has 0 unspecified atom stereocenters. The van der Waals surface area contributed by atoms with Crippen molar-refractivity contribution >= 4 is 67.2 Å². The number of aromatic nitrogens is 13. The zero-order valence-corrected chi connectivity index (χ0v) is 63.6. The van der Waals surface area contributed by atoms with Crippen molar-refractivity contribution in [3.8, 4) is 97.7 Å². The average Bonchev–Trinajstić information content (AvgIpc) is 1.05. The maximum Gasteiger partial charge on any atom is 0.191 e. The van der Waals surface area contributed by atoms with Crippen LogP contribution in [0.3, 0.4) is 0 Å². The smallest absolute Gasteiger partial charge is 0.191 e. The number of anilines is 6. The van der Waals surface area contributed by atoms with Gasteiger partial charge >= 0.3 is 0 Å². The minimum absolute atomic E-state index is 0.112. The second kappa shape index (κ2) is 35.8. The predicted octanol–water partition coefficient (Wildman–Crippen LogP) is 15.2. The Kier molecular flexibility index (Phi) is 25.0. The van der Waals surface area contributed by atoms with Crippen LogP contribution in [0.1, 0.15) is 51.6 Å². The molecule has 13 aromatic rings. The summed E-state index contributed by atoms with van der Waals surface area (Å²) in [5, 5.41) is 15.9. The molecule has 28 heteroatoms. The third kappa shape index (κ3) is 18.2. The summed E-state index contributed by atoms with van der Waals surface area (Å²) in [6.07, 6.45) is 23.8. The first-order valence-electron chi connectivity index (χ1n) is 35.6. The van der Waals surface area contributed by atoms with E-state index in [4.69, 9.17) is 48.1 Å². The molecule has 0 aliphatic heterocycles. The van der Waals surface area contributed by atoms with Gasteiger partial charge in [0.25, 0.3) is 0 Å². The first-order chi connectivity index (χ1) is 53.9. The van der Waals surface area contributed by atoms with E-state index in [0.717, 1.165) is 62.4 Å². The van der Waals surface area contributed by atoms with Gasteiger partial charge in [-0.05, 0) is 85.5 Å². The van der Waals surface area contributed by atoms with Gasteiger partial charge in [-0.3, -0.25) is 29.0 Å². The third-order valence-corrected chi connectivity index (χ3v) is 18.3. The Morgan fingerprint density at radius 1 is 0.450 bits per heavy atom. The molecule has 0 bridgehead atoms. The lowest BCUT2D eigenvalue weighted by atomic mass is 9.90. The Morgan fingerprint density at radius 3 is 1.29 bits per heavy atom. The van der Waals surface area contributed by atoms with Gasteiger partial charge in [-0.15, -0.1) is 0 Å². The van der Waals surface area contributed by atoms with E-state index in [1.807, 2.05) is 70.8 Å². The van der Waals surface area contributed by atoms with Crippen LogP contribution in [0, 0.1) is 52.9 Å². The largest absolute Gasteiger partial charge is 0.497 e. The highest BCUT2D eigenvalue weighted by molar-refractivity contribution is 5.86.